The van der Waals surface area contributed by atoms with E-state index in [-0.39, 0.29) is 24.8 Å². The van der Waals surface area contributed by atoms with E-state index in [2.05, 4.69) is 0 Å². The summed E-state index contributed by atoms with van der Waals surface area (Å²) in [5, 5.41) is 8.75. The van der Waals surface area contributed by atoms with Crippen molar-refractivity contribution in [1.82, 2.24) is 14.0 Å². The second kappa shape index (κ2) is 7.26. The van der Waals surface area contributed by atoms with E-state index in [4.69, 9.17) is 5.11 Å². The predicted octanol–water partition coefficient (Wildman–Crippen LogP) is -0.350. The number of hydrogen-bond acceptors (Lipinski definition) is 4. The van der Waals surface area contributed by atoms with Gasteiger partial charge in [0, 0.05) is 38.8 Å². The highest BCUT2D eigenvalue weighted by Gasteiger charge is 2.24. The first-order valence-electron chi connectivity index (χ1n) is 7.64. The Kier molecular flexibility index (Phi) is 5.36. The number of nitrogens with zero attached hydrogens (tertiary/aromatic N) is 3. The molecule has 0 saturated carbocycles. The lowest BCUT2D eigenvalue weighted by molar-refractivity contribution is -0.137. The Labute approximate surface area is 132 Å². The average Bonchev–Trinajstić information content (AvgIpc) is 2.53. The molecular formula is C15H21N3O5. The van der Waals surface area contributed by atoms with Crippen molar-refractivity contribution in [2.24, 2.45) is 13.0 Å². The van der Waals surface area contributed by atoms with Crippen LogP contribution in [-0.2, 0) is 23.2 Å². The predicted molar refractivity (Wildman–Crippen MR) is 82.1 cm³/mol. The Morgan fingerprint density at radius 1 is 1.35 bits per heavy atom. The van der Waals surface area contributed by atoms with Gasteiger partial charge in [0.25, 0.3) is 5.56 Å². The Bertz CT molecular complexity index is 706. The first-order chi connectivity index (χ1) is 10.9. The van der Waals surface area contributed by atoms with Crippen LogP contribution in [0.4, 0.5) is 0 Å². The second-order valence-corrected chi connectivity index (χ2v) is 5.90. The Morgan fingerprint density at radius 2 is 2.09 bits per heavy atom. The largest absolute Gasteiger partial charge is 0.481 e. The molecular weight excluding hydrogens is 302 g/mol. The highest BCUT2D eigenvalue weighted by molar-refractivity contribution is 5.76. The number of piperidine rings is 1. The average molecular weight is 323 g/mol. The molecule has 1 fully saturated rings. The van der Waals surface area contributed by atoms with Gasteiger partial charge in [-0.3, -0.25) is 23.5 Å². The molecule has 2 heterocycles. The number of carbonyl (C=O) groups is 2. The number of likely N-dealkylation sites (tertiary alicyclic amines) is 1. The summed E-state index contributed by atoms with van der Waals surface area (Å²) < 4.78 is 2.17. The number of aliphatic carboxylic acids is 1. The summed E-state index contributed by atoms with van der Waals surface area (Å²) in [5.41, 5.74) is -0.935. The molecule has 1 N–H and O–H groups in total. The van der Waals surface area contributed by atoms with Gasteiger partial charge < -0.3 is 10.0 Å². The van der Waals surface area contributed by atoms with Gasteiger partial charge in [-0.15, -0.1) is 0 Å². The monoisotopic (exact) mass is 323 g/mol. The van der Waals surface area contributed by atoms with Crippen molar-refractivity contribution in [2.75, 3.05) is 13.1 Å². The van der Waals surface area contributed by atoms with Crippen LogP contribution in [0.1, 0.15) is 25.7 Å². The van der Waals surface area contributed by atoms with Crippen LogP contribution in [0.3, 0.4) is 0 Å². The van der Waals surface area contributed by atoms with Crippen LogP contribution in [0.25, 0.3) is 0 Å². The summed E-state index contributed by atoms with van der Waals surface area (Å²) in [5.74, 6) is -0.836. The van der Waals surface area contributed by atoms with Gasteiger partial charge in [0.1, 0.15) is 6.54 Å². The third kappa shape index (κ3) is 4.30. The summed E-state index contributed by atoms with van der Waals surface area (Å²) >= 11 is 0. The van der Waals surface area contributed by atoms with Crippen molar-refractivity contribution in [1.29, 1.82) is 0 Å². The van der Waals surface area contributed by atoms with E-state index in [9.17, 15) is 19.2 Å². The fraction of sp³-hybridized carbons (Fsp3) is 0.600. The molecule has 0 aromatic carbocycles. The Balaban J connectivity index is 2.00. The summed E-state index contributed by atoms with van der Waals surface area (Å²) in [4.78, 5) is 48.0. The van der Waals surface area contributed by atoms with Gasteiger partial charge in [-0.2, -0.15) is 0 Å². The summed E-state index contributed by atoms with van der Waals surface area (Å²) in [7, 11) is 1.37. The molecule has 1 atom stereocenters. The van der Waals surface area contributed by atoms with Crippen LogP contribution >= 0.6 is 0 Å². The van der Waals surface area contributed by atoms with E-state index < -0.39 is 17.2 Å². The molecule has 0 bridgehead atoms. The van der Waals surface area contributed by atoms with Crippen LogP contribution in [0.5, 0.6) is 0 Å². The molecule has 0 spiro atoms. The normalized spacial score (nSPS) is 18.0. The van der Waals surface area contributed by atoms with Crippen molar-refractivity contribution in [2.45, 2.75) is 32.2 Å². The lowest BCUT2D eigenvalue weighted by atomic mass is 9.93. The number of carbonyl (C=O) groups excluding carboxylic acids is 1. The highest BCUT2D eigenvalue weighted by Crippen LogP contribution is 2.21. The molecule has 1 aliphatic heterocycles. The van der Waals surface area contributed by atoms with Crippen LogP contribution in [0.15, 0.2) is 21.9 Å². The maximum atomic E-state index is 12.4. The van der Waals surface area contributed by atoms with E-state index >= 15 is 0 Å². The van der Waals surface area contributed by atoms with E-state index in [0.29, 0.717) is 19.5 Å². The van der Waals surface area contributed by atoms with Crippen molar-refractivity contribution in [3.8, 4) is 0 Å². The minimum absolute atomic E-state index is 0.104. The summed E-state index contributed by atoms with van der Waals surface area (Å²) in [6.45, 7) is 1.02. The fourth-order valence-corrected chi connectivity index (χ4v) is 2.84. The fourth-order valence-electron chi connectivity index (χ4n) is 2.84. The first-order valence-corrected chi connectivity index (χ1v) is 7.64. The molecule has 23 heavy (non-hydrogen) atoms. The standard InChI is InChI=1S/C15H21N3O5/c1-16-12(19)6-8-18(15(16)23)10-13(20)17-7-2-3-11(9-17)4-5-14(21)22/h6,8,11H,2-5,7,9-10H2,1H3,(H,21,22). The van der Waals surface area contributed by atoms with E-state index in [1.807, 2.05) is 0 Å². The molecule has 126 valence electrons. The van der Waals surface area contributed by atoms with Gasteiger partial charge in [-0.1, -0.05) is 0 Å². The van der Waals surface area contributed by atoms with Crippen molar-refractivity contribution in [3.05, 3.63) is 33.1 Å². The van der Waals surface area contributed by atoms with Crippen molar-refractivity contribution in [3.63, 3.8) is 0 Å². The zero-order valence-corrected chi connectivity index (χ0v) is 13.1. The van der Waals surface area contributed by atoms with Gasteiger partial charge in [-0.05, 0) is 25.2 Å². The minimum atomic E-state index is -0.829. The van der Waals surface area contributed by atoms with Gasteiger partial charge in [0.2, 0.25) is 5.91 Å². The van der Waals surface area contributed by atoms with Gasteiger partial charge in [-0.25, -0.2) is 4.79 Å². The molecule has 8 nitrogen and oxygen atoms in total. The lowest BCUT2D eigenvalue weighted by Gasteiger charge is -2.32. The molecule has 0 radical (unpaired) electrons. The van der Waals surface area contributed by atoms with Crippen LogP contribution < -0.4 is 11.2 Å². The number of carboxylic acid groups (broad SMARTS) is 1. The number of amides is 1. The smallest absolute Gasteiger partial charge is 0.331 e. The summed E-state index contributed by atoms with van der Waals surface area (Å²) in [6.07, 6.45) is 3.73. The third-order valence-electron chi connectivity index (χ3n) is 4.20. The first kappa shape index (κ1) is 17.0. The quantitative estimate of drug-likeness (QED) is 0.798. The van der Waals surface area contributed by atoms with Gasteiger partial charge >= 0.3 is 11.7 Å². The zero-order chi connectivity index (χ0) is 17.0. The van der Waals surface area contributed by atoms with Crippen LogP contribution in [-0.4, -0.2) is 44.1 Å². The molecule has 1 aliphatic rings. The number of hydrogen-bond donors (Lipinski definition) is 1. The van der Waals surface area contributed by atoms with Crippen molar-refractivity contribution >= 4 is 11.9 Å². The van der Waals surface area contributed by atoms with Gasteiger partial charge in [0.05, 0.1) is 0 Å². The van der Waals surface area contributed by atoms with E-state index in [1.54, 1.807) is 4.90 Å². The maximum absolute atomic E-state index is 12.4. The molecule has 0 aliphatic carbocycles. The molecule has 1 aromatic rings. The Morgan fingerprint density at radius 3 is 2.78 bits per heavy atom. The van der Waals surface area contributed by atoms with Crippen LogP contribution in [0.2, 0.25) is 0 Å². The summed E-state index contributed by atoms with van der Waals surface area (Å²) in [6, 6.07) is 1.25. The number of rotatable bonds is 5. The molecule has 1 aromatic heterocycles. The number of carboxylic acids is 1. The van der Waals surface area contributed by atoms with Gasteiger partial charge in [0.15, 0.2) is 0 Å². The van der Waals surface area contributed by atoms with E-state index in [1.165, 1.54) is 23.9 Å². The maximum Gasteiger partial charge on any atom is 0.331 e. The topological polar surface area (TPSA) is 102 Å². The Hall–Kier alpha value is -2.38. The third-order valence-corrected chi connectivity index (χ3v) is 4.20. The lowest BCUT2D eigenvalue weighted by Crippen LogP contribution is -2.44. The van der Waals surface area contributed by atoms with E-state index in [0.717, 1.165) is 17.4 Å². The molecule has 8 heteroatoms. The highest BCUT2D eigenvalue weighted by atomic mass is 16.4. The van der Waals surface area contributed by atoms with Crippen molar-refractivity contribution < 1.29 is 14.7 Å². The molecule has 1 amide bonds. The molecule has 1 saturated heterocycles. The minimum Gasteiger partial charge on any atom is -0.481 e. The molecule has 2 rings (SSSR count). The SMILES string of the molecule is Cn1c(=O)ccn(CC(=O)N2CCCC(CCC(=O)O)C2)c1=O. The zero-order valence-electron chi connectivity index (χ0n) is 13.1. The number of aromatic nitrogens is 2. The van der Waals surface area contributed by atoms with Crippen LogP contribution in [0, 0.1) is 5.92 Å². The second-order valence-electron chi connectivity index (χ2n) is 5.90. The molecule has 1 unspecified atom stereocenters.